The van der Waals surface area contributed by atoms with Crippen LogP contribution in [0.15, 0.2) is 18.3 Å². The van der Waals surface area contributed by atoms with Gasteiger partial charge in [0, 0.05) is 29.6 Å². The van der Waals surface area contributed by atoms with Crippen LogP contribution < -0.4 is 5.32 Å². The third-order valence-corrected chi connectivity index (χ3v) is 3.34. The minimum atomic E-state index is -2.48. The first-order chi connectivity index (χ1) is 8.66. The first-order valence-electron chi connectivity index (χ1n) is 5.86. The van der Waals surface area contributed by atoms with E-state index in [0.717, 1.165) is 35.5 Å². The predicted octanol–water partition coefficient (Wildman–Crippen LogP) is 3.29. The third-order valence-electron chi connectivity index (χ3n) is 3.34. The summed E-state index contributed by atoms with van der Waals surface area (Å²) in [5, 5.41) is 9.85. The number of nitrogens with one attached hydrogen (secondary N) is 2. The van der Waals surface area contributed by atoms with E-state index in [1.807, 2.05) is 13.0 Å². The molecule has 0 spiro atoms. The van der Waals surface area contributed by atoms with Crippen molar-refractivity contribution in [1.29, 1.82) is 0 Å². The molecule has 0 atom stereocenters. The van der Waals surface area contributed by atoms with Crippen LogP contribution in [0, 0.1) is 6.92 Å². The van der Waals surface area contributed by atoms with Crippen molar-refractivity contribution in [2.24, 2.45) is 0 Å². The van der Waals surface area contributed by atoms with Gasteiger partial charge in [0.1, 0.15) is 0 Å². The maximum absolute atomic E-state index is 13.2. The largest absolute Gasteiger partial charge is 0.384 e. The summed E-state index contributed by atoms with van der Waals surface area (Å²) >= 11 is 0. The van der Waals surface area contributed by atoms with Gasteiger partial charge in [0.15, 0.2) is 0 Å². The average Bonchev–Trinajstić information content (AvgIpc) is 2.94. The Hall–Kier alpha value is -1.91. The Balaban J connectivity index is 2.21. The number of H-pyrrole nitrogens is 1. The molecule has 18 heavy (non-hydrogen) atoms. The van der Waals surface area contributed by atoms with Crippen LogP contribution in [0.5, 0.6) is 0 Å². The lowest BCUT2D eigenvalue weighted by Crippen LogP contribution is -1.95. The van der Waals surface area contributed by atoms with Crippen LogP contribution in [-0.4, -0.2) is 16.7 Å². The number of anilines is 1. The van der Waals surface area contributed by atoms with Crippen LogP contribution in [0.1, 0.15) is 23.2 Å². The minimum Gasteiger partial charge on any atom is -0.384 e. The number of aromatic amines is 1. The van der Waals surface area contributed by atoms with Crippen LogP contribution in [-0.2, 0) is 6.42 Å². The highest BCUT2D eigenvalue weighted by Gasteiger charge is 2.21. The number of nitrogens with zero attached hydrogens (tertiary/aromatic N) is 1. The van der Waals surface area contributed by atoms with Gasteiger partial charge in [-0.1, -0.05) is 0 Å². The fourth-order valence-corrected chi connectivity index (χ4v) is 2.41. The summed E-state index contributed by atoms with van der Waals surface area (Å²) in [6.45, 7) is 2.62. The van der Waals surface area contributed by atoms with Crippen LogP contribution in [0.25, 0.3) is 11.1 Å². The maximum atomic E-state index is 13.2. The van der Waals surface area contributed by atoms with Crippen molar-refractivity contribution in [2.45, 2.75) is 19.8 Å². The number of benzene rings is 1. The van der Waals surface area contributed by atoms with Gasteiger partial charge in [0.2, 0.25) is 0 Å². The highest BCUT2D eigenvalue weighted by atomic mass is 19.3. The molecule has 0 saturated heterocycles. The quantitative estimate of drug-likeness (QED) is 0.857. The summed E-state index contributed by atoms with van der Waals surface area (Å²) in [7, 11) is 0. The number of aryl methyl sites for hydroxylation is 1. The smallest absolute Gasteiger partial charge is 0.264 e. The molecule has 1 aliphatic rings. The molecule has 3 rings (SSSR count). The predicted molar refractivity (Wildman–Crippen MR) is 65.9 cm³/mol. The van der Waals surface area contributed by atoms with Crippen LogP contribution in [0.2, 0.25) is 0 Å². The fraction of sp³-hybridized carbons (Fsp3) is 0.308. The minimum absolute atomic E-state index is 0.0626. The van der Waals surface area contributed by atoms with Gasteiger partial charge < -0.3 is 5.32 Å². The van der Waals surface area contributed by atoms with Crippen LogP contribution in [0.3, 0.4) is 0 Å². The van der Waals surface area contributed by atoms with Crippen molar-refractivity contribution in [2.75, 3.05) is 11.9 Å². The fourth-order valence-electron chi connectivity index (χ4n) is 2.41. The number of aromatic nitrogens is 2. The molecule has 0 unspecified atom stereocenters. The van der Waals surface area contributed by atoms with Crippen molar-refractivity contribution < 1.29 is 8.78 Å². The van der Waals surface area contributed by atoms with E-state index in [2.05, 4.69) is 15.5 Å². The zero-order valence-corrected chi connectivity index (χ0v) is 9.93. The Kier molecular flexibility index (Phi) is 2.54. The van der Waals surface area contributed by atoms with Crippen molar-refractivity contribution in [3.63, 3.8) is 0 Å². The van der Waals surface area contributed by atoms with Gasteiger partial charge in [-0.05, 0) is 36.6 Å². The van der Waals surface area contributed by atoms with Crippen LogP contribution >= 0.6 is 0 Å². The lowest BCUT2D eigenvalue weighted by atomic mass is 9.96. The molecule has 0 saturated carbocycles. The molecule has 1 aromatic heterocycles. The Morgan fingerprint density at radius 2 is 2.11 bits per heavy atom. The summed E-state index contributed by atoms with van der Waals surface area (Å²) in [5.74, 6) is 0. The Bertz CT molecular complexity index is 590. The summed E-state index contributed by atoms with van der Waals surface area (Å²) < 4.78 is 26.3. The second-order valence-electron chi connectivity index (χ2n) is 4.46. The number of fused-ring (bicyclic) bond motifs is 1. The van der Waals surface area contributed by atoms with E-state index < -0.39 is 6.43 Å². The lowest BCUT2D eigenvalue weighted by Gasteiger charge is -2.11. The number of hydrogen-bond donors (Lipinski definition) is 2. The van der Waals surface area contributed by atoms with E-state index in [1.54, 1.807) is 12.3 Å². The molecule has 2 aromatic rings. The topological polar surface area (TPSA) is 40.7 Å². The van der Waals surface area contributed by atoms with Gasteiger partial charge in [-0.15, -0.1) is 0 Å². The number of rotatable bonds is 2. The summed E-state index contributed by atoms with van der Waals surface area (Å²) in [6.07, 6.45) is 0.0654. The molecule has 3 nitrogen and oxygen atoms in total. The Morgan fingerprint density at radius 3 is 2.78 bits per heavy atom. The molecule has 0 fully saturated rings. The van der Waals surface area contributed by atoms with Gasteiger partial charge in [0.05, 0.1) is 5.69 Å². The van der Waals surface area contributed by atoms with Gasteiger partial charge in [0.25, 0.3) is 6.43 Å². The zero-order valence-electron chi connectivity index (χ0n) is 9.93. The first-order valence-corrected chi connectivity index (χ1v) is 5.86. The monoisotopic (exact) mass is 249 g/mol. The van der Waals surface area contributed by atoms with Crippen LogP contribution in [0.4, 0.5) is 14.5 Å². The second-order valence-corrected chi connectivity index (χ2v) is 4.46. The van der Waals surface area contributed by atoms with Crippen molar-refractivity contribution in [3.8, 4) is 11.1 Å². The molecular formula is C13H13F2N3. The number of hydrogen-bond acceptors (Lipinski definition) is 2. The lowest BCUT2D eigenvalue weighted by molar-refractivity contribution is 0.152. The van der Waals surface area contributed by atoms with Gasteiger partial charge in [-0.3, -0.25) is 5.10 Å². The van der Waals surface area contributed by atoms with E-state index in [-0.39, 0.29) is 5.56 Å². The molecule has 2 N–H and O–H groups in total. The molecule has 5 heteroatoms. The van der Waals surface area contributed by atoms with Crippen molar-refractivity contribution in [3.05, 3.63) is 35.2 Å². The second kappa shape index (κ2) is 4.08. The molecule has 1 aliphatic heterocycles. The zero-order chi connectivity index (χ0) is 12.7. The Morgan fingerprint density at radius 1 is 1.28 bits per heavy atom. The Labute approximate surface area is 103 Å². The molecule has 1 aromatic carbocycles. The number of alkyl halides is 2. The highest BCUT2D eigenvalue weighted by Crippen LogP contribution is 2.37. The maximum Gasteiger partial charge on any atom is 0.264 e. The standard InChI is InChI=1S/C13H13F2N3/c1-7-11(6-17-18-7)9-4-8-2-3-16-12(8)5-10(9)13(14)15/h4-6,13,16H,2-3H2,1H3,(H,17,18). The summed E-state index contributed by atoms with van der Waals surface area (Å²) in [5.41, 5.74) is 4.05. The normalized spacial score (nSPS) is 13.8. The molecule has 0 aliphatic carbocycles. The molecule has 0 amide bonds. The molecule has 0 bridgehead atoms. The molecular weight excluding hydrogens is 236 g/mol. The van der Waals surface area contributed by atoms with Gasteiger partial charge >= 0.3 is 0 Å². The molecule has 2 heterocycles. The molecule has 94 valence electrons. The van der Waals surface area contributed by atoms with E-state index in [9.17, 15) is 8.78 Å². The first kappa shape index (κ1) is 11.2. The summed E-state index contributed by atoms with van der Waals surface area (Å²) in [4.78, 5) is 0. The van der Waals surface area contributed by atoms with E-state index in [0.29, 0.717) is 5.56 Å². The number of halogens is 2. The van der Waals surface area contributed by atoms with E-state index in [4.69, 9.17) is 0 Å². The summed E-state index contributed by atoms with van der Waals surface area (Å²) in [6, 6.07) is 3.42. The van der Waals surface area contributed by atoms with Gasteiger partial charge in [-0.25, -0.2) is 8.78 Å². The van der Waals surface area contributed by atoms with Crippen molar-refractivity contribution in [1.82, 2.24) is 10.2 Å². The highest BCUT2D eigenvalue weighted by molar-refractivity contribution is 5.75. The van der Waals surface area contributed by atoms with Gasteiger partial charge in [-0.2, -0.15) is 5.10 Å². The van der Waals surface area contributed by atoms with E-state index >= 15 is 0 Å². The van der Waals surface area contributed by atoms with Crippen molar-refractivity contribution >= 4 is 5.69 Å². The SMILES string of the molecule is Cc1n[nH]cc1-c1cc2c(cc1C(F)F)NCC2. The third kappa shape index (κ3) is 1.66. The molecule has 0 radical (unpaired) electrons. The van der Waals surface area contributed by atoms with E-state index in [1.165, 1.54) is 0 Å². The average molecular weight is 249 g/mol.